The molecule has 1 aliphatic carbocycles. The summed E-state index contributed by atoms with van der Waals surface area (Å²) in [5.74, 6) is -1.29. The normalized spacial score (nSPS) is 25.3. The van der Waals surface area contributed by atoms with E-state index in [1.165, 1.54) is 4.90 Å². The Bertz CT molecular complexity index is 1110. The molecule has 2 fully saturated rings. The summed E-state index contributed by atoms with van der Waals surface area (Å²) in [6, 6.07) is 6.81. The summed E-state index contributed by atoms with van der Waals surface area (Å²) in [4.78, 5) is 57.0. The standard InChI is InChI=1S/C23H26N4O4/c1-14(26-21(29)16-6-2-3-7-17(16)22(26)30)20(28)25-12-10-15(11-13-25)27-19-9-5-4-8-18(19)24-23(27)31/h2-5,8-9,14-17H,6-7,10-13H2,1H3,(H,24,31). The number of para-hydroxylation sites is 2. The first-order chi connectivity index (χ1) is 15.0. The Labute approximate surface area is 179 Å². The summed E-state index contributed by atoms with van der Waals surface area (Å²) in [5, 5.41) is 0. The van der Waals surface area contributed by atoms with Crippen LogP contribution in [0.25, 0.3) is 11.0 Å². The maximum atomic E-state index is 13.1. The molecule has 0 saturated carbocycles. The van der Waals surface area contributed by atoms with Gasteiger partial charge in [-0.15, -0.1) is 0 Å². The van der Waals surface area contributed by atoms with E-state index in [0.29, 0.717) is 38.8 Å². The third-order valence-corrected chi connectivity index (χ3v) is 7.05. The Morgan fingerprint density at radius 1 is 1.00 bits per heavy atom. The molecule has 162 valence electrons. The fourth-order valence-electron chi connectivity index (χ4n) is 5.36. The Morgan fingerprint density at radius 2 is 1.61 bits per heavy atom. The van der Waals surface area contributed by atoms with Crippen LogP contribution in [0.15, 0.2) is 41.2 Å². The number of likely N-dealkylation sites (tertiary alicyclic amines) is 2. The summed E-state index contributed by atoms with van der Waals surface area (Å²) in [6.45, 7) is 2.63. The van der Waals surface area contributed by atoms with Crippen LogP contribution in [0.2, 0.25) is 0 Å². The van der Waals surface area contributed by atoms with Gasteiger partial charge in [0.1, 0.15) is 6.04 Å². The van der Waals surface area contributed by atoms with Crippen molar-refractivity contribution in [3.8, 4) is 0 Å². The van der Waals surface area contributed by atoms with Crippen LogP contribution in [0.1, 0.15) is 38.6 Å². The molecular formula is C23H26N4O4. The van der Waals surface area contributed by atoms with Crippen LogP contribution in [0, 0.1) is 11.8 Å². The van der Waals surface area contributed by atoms with E-state index in [-0.39, 0.29) is 41.3 Å². The minimum Gasteiger partial charge on any atom is -0.341 e. The van der Waals surface area contributed by atoms with E-state index < -0.39 is 6.04 Å². The minimum absolute atomic E-state index is 0.00648. The maximum Gasteiger partial charge on any atom is 0.326 e. The molecule has 0 bridgehead atoms. The molecule has 2 aromatic rings. The van der Waals surface area contributed by atoms with Crippen molar-refractivity contribution in [1.29, 1.82) is 0 Å². The summed E-state index contributed by atoms with van der Waals surface area (Å²) in [6.07, 6.45) is 6.32. The monoisotopic (exact) mass is 422 g/mol. The minimum atomic E-state index is -0.794. The Hall–Kier alpha value is -3.16. The maximum absolute atomic E-state index is 13.1. The van der Waals surface area contributed by atoms with Crippen molar-refractivity contribution in [3.05, 3.63) is 46.9 Å². The summed E-state index contributed by atoms with van der Waals surface area (Å²) < 4.78 is 1.78. The van der Waals surface area contributed by atoms with Gasteiger partial charge in [-0.05, 0) is 44.7 Å². The lowest BCUT2D eigenvalue weighted by atomic mass is 9.85. The predicted octanol–water partition coefficient (Wildman–Crippen LogP) is 1.83. The number of benzene rings is 1. The molecule has 3 heterocycles. The van der Waals surface area contributed by atoms with Crippen molar-refractivity contribution in [1.82, 2.24) is 19.4 Å². The number of carbonyl (C=O) groups is 3. The zero-order valence-corrected chi connectivity index (χ0v) is 17.5. The van der Waals surface area contributed by atoms with E-state index >= 15 is 0 Å². The van der Waals surface area contributed by atoms with Crippen LogP contribution in [-0.2, 0) is 14.4 Å². The topological polar surface area (TPSA) is 95.5 Å². The number of allylic oxidation sites excluding steroid dienone is 2. The first-order valence-electron chi connectivity index (χ1n) is 11.0. The zero-order valence-electron chi connectivity index (χ0n) is 17.5. The van der Waals surface area contributed by atoms with Gasteiger partial charge in [-0.25, -0.2) is 4.79 Å². The van der Waals surface area contributed by atoms with Crippen LogP contribution >= 0.6 is 0 Å². The highest BCUT2D eigenvalue weighted by atomic mass is 16.2. The number of hydrogen-bond donors (Lipinski definition) is 1. The number of nitrogens with zero attached hydrogens (tertiary/aromatic N) is 3. The zero-order chi connectivity index (χ0) is 21.7. The highest BCUT2D eigenvalue weighted by molar-refractivity contribution is 6.08. The van der Waals surface area contributed by atoms with Gasteiger partial charge in [0.2, 0.25) is 17.7 Å². The van der Waals surface area contributed by atoms with Crippen molar-refractivity contribution >= 4 is 28.8 Å². The number of hydrogen-bond acceptors (Lipinski definition) is 4. The number of amides is 3. The van der Waals surface area contributed by atoms with E-state index in [4.69, 9.17) is 0 Å². The van der Waals surface area contributed by atoms with Crippen LogP contribution in [-0.4, -0.2) is 56.2 Å². The van der Waals surface area contributed by atoms with Crippen LogP contribution in [0.4, 0.5) is 0 Å². The van der Waals surface area contributed by atoms with Gasteiger partial charge in [-0.2, -0.15) is 0 Å². The molecule has 1 N–H and O–H groups in total. The lowest BCUT2D eigenvalue weighted by Crippen LogP contribution is -2.52. The smallest absolute Gasteiger partial charge is 0.326 e. The lowest BCUT2D eigenvalue weighted by molar-refractivity contribution is -0.151. The number of rotatable bonds is 3. The number of piperidine rings is 1. The quantitative estimate of drug-likeness (QED) is 0.603. The van der Waals surface area contributed by atoms with E-state index in [2.05, 4.69) is 4.98 Å². The molecular weight excluding hydrogens is 396 g/mol. The number of fused-ring (bicyclic) bond motifs is 2. The lowest BCUT2D eigenvalue weighted by Gasteiger charge is -2.35. The number of aromatic amines is 1. The molecule has 31 heavy (non-hydrogen) atoms. The second-order valence-corrected chi connectivity index (χ2v) is 8.75. The average Bonchev–Trinajstić information content (AvgIpc) is 3.26. The van der Waals surface area contributed by atoms with Crippen molar-refractivity contribution in [3.63, 3.8) is 0 Å². The van der Waals surface area contributed by atoms with Crippen molar-refractivity contribution in [2.75, 3.05) is 13.1 Å². The van der Waals surface area contributed by atoms with Gasteiger partial charge < -0.3 is 9.88 Å². The largest absolute Gasteiger partial charge is 0.341 e. The molecule has 1 aromatic carbocycles. The molecule has 2 aliphatic heterocycles. The SMILES string of the molecule is CC(C(=O)N1CCC(n2c(=O)[nH]c3ccccc32)CC1)N1C(=O)C2CC=CCC2C1=O. The Morgan fingerprint density at radius 3 is 2.26 bits per heavy atom. The van der Waals surface area contributed by atoms with E-state index in [1.54, 1.807) is 16.4 Å². The molecule has 8 heteroatoms. The van der Waals surface area contributed by atoms with Crippen LogP contribution < -0.4 is 5.69 Å². The van der Waals surface area contributed by atoms with Gasteiger partial charge in [0, 0.05) is 19.1 Å². The molecule has 1 aromatic heterocycles. The van der Waals surface area contributed by atoms with Crippen molar-refractivity contribution < 1.29 is 14.4 Å². The number of aromatic nitrogens is 2. The van der Waals surface area contributed by atoms with E-state index in [1.807, 2.05) is 36.4 Å². The second kappa shape index (κ2) is 7.51. The Balaban J connectivity index is 1.28. The third-order valence-electron chi connectivity index (χ3n) is 7.05. The van der Waals surface area contributed by atoms with Gasteiger partial charge in [-0.3, -0.25) is 23.9 Å². The number of nitrogens with one attached hydrogen (secondary N) is 1. The molecule has 0 radical (unpaired) electrons. The van der Waals surface area contributed by atoms with Gasteiger partial charge in [-0.1, -0.05) is 24.3 Å². The summed E-state index contributed by atoms with van der Waals surface area (Å²) in [7, 11) is 0. The average molecular weight is 422 g/mol. The highest BCUT2D eigenvalue weighted by Gasteiger charge is 2.50. The molecule has 5 rings (SSSR count). The first kappa shape index (κ1) is 19.8. The van der Waals surface area contributed by atoms with Gasteiger partial charge in [0.25, 0.3) is 0 Å². The molecule has 2 saturated heterocycles. The molecule has 3 amide bonds. The van der Waals surface area contributed by atoms with E-state index in [9.17, 15) is 19.2 Å². The fraction of sp³-hybridized carbons (Fsp3) is 0.478. The number of H-pyrrole nitrogens is 1. The molecule has 3 atom stereocenters. The summed E-state index contributed by atoms with van der Waals surface area (Å²) >= 11 is 0. The molecule has 3 unspecified atom stereocenters. The van der Waals surface area contributed by atoms with Crippen LogP contribution in [0.3, 0.4) is 0 Å². The highest BCUT2D eigenvalue weighted by Crippen LogP contribution is 2.36. The van der Waals surface area contributed by atoms with Crippen molar-refractivity contribution in [2.24, 2.45) is 11.8 Å². The Kier molecular flexibility index (Phi) is 4.79. The third kappa shape index (κ3) is 3.12. The first-order valence-corrected chi connectivity index (χ1v) is 11.0. The van der Waals surface area contributed by atoms with Crippen molar-refractivity contribution in [2.45, 2.75) is 44.7 Å². The number of imide groups is 1. The number of imidazole rings is 1. The van der Waals surface area contributed by atoms with Gasteiger partial charge >= 0.3 is 5.69 Å². The molecule has 3 aliphatic rings. The van der Waals surface area contributed by atoms with Gasteiger partial charge in [0.15, 0.2) is 0 Å². The fourth-order valence-corrected chi connectivity index (χ4v) is 5.36. The van der Waals surface area contributed by atoms with E-state index in [0.717, 1.165) is 11.0 Å². The molecule has 0 spiro atoms. The second-order valence-electron chi connectivity index (χ2n) is 8.75. The van der Waals surface area contributed by atoms with Crippen LogP contribution in [0.5, 0.6) is 0 Å². The summed E-state index contributed by atoms with van der Waals surface area (Å²) in [5.41, 5.74) is 1.54. The van der Waals surface area contributed by atoms with Gasteiger partial charge in [0.05, 0.1) is 22.9 Å². The molecule has 8 nitrogen and oxygen atoms in total. The number of carbonyl (C=O) groups excluding carboxylic acids is 3. The predicted molar refractivity (Wildman–Crippen MR) is 114 cm³/mol.